The van der Waals surface area contributed by atoms with Crippen molar-refractivity contribution >= 4 is 21.5 Å². The zero-order valence-electron chi connectivity index (χ0n) is 20.3. The van der Waals surface area contributed by atoms with Crippen LogP contribution in [0.25, 0.3) is 54.9 Å². The smallest absolute Gasteiger partial charge is 0.124 e. The second kappa shape index (κ2) is 8.58. The minimum Gasteiger partial charge on any atom is -0.507 e. The van der Waals surface area contributed by atoms with Crippen molar-refractivity contribution in [1.29, 1.82) is 0 Å². The number of aromatic hydroxyl groups is 2. The Morgan fingerprint density at radius 1 is 0.389 bits per heavy atom. The van der Waals surface area contributed by atoms with E-state index in [2.05, 4.69) is 86.6 Å². The Kier molecular flexibility index (Phi) is 5.23. The molecule has 2 nitrogen and oxygen atoms in total. The van der Waals surface area contributed by atoms with Gasteiger partial charge in [-0.05, 0) is 81.9 Å². The summed E-state index contributed by atoms with van der Waals surface area (Å²) in [6, 6.07) is 36.8. The van der Waals surface area contributed by atoms with Crippen LogP contribution >= 0.6 is 0 Å². The zero-order valence-corrected chi connectivity index (χ0v) is 20.3. The van der Waals surface area contributed by atoms with Gasteiger partial charge in [-0.3, -0.25) is 0 Å². The van der Waals surface area contributed by atoms with Gasteiger partial charge in [0.05, 0.1) is 0 Å². The molecule has 0 fully saturated rings. The Morgan fingerprint density at radius 3 is 1.14 bits per heavy atom. The first-order valence-corrected chi connectivity index (χ1v) is 12.1. The Hall–Kier alpha value is -4.56. The first kappa shape index (κ1) is 21.9. The highest BCUT2D eigenvalue weighted by atomic mass is 16.3. The normalized spacial score (nSPS) is 11.3. The van der Waals surface area contributed by atoms with Crippen molar-refractivity contribution < 1.29 is 10.2 Å². The summed E-state index contributed by atoms with van der Waals surface area (Å²) in [5.41, 5.74) is 8.27. The van der Waals surface area contributed by atoms with Crippen LogP contribution in [-0.4, -0.2) is 10.2 Å². The highest BCUT2D eigenvalue weighted by Gasteiger charge is 2.17. The van der Waals surface area contributed by atoms with E-state index in [9.17, 15) is 10.2 Å². The molecule has 0 heterocycles. The molecule has 6 aromatic carbocycles. The minimum absolute atomic E-state index is 0.149. The third-order valence-electron chi connectivity index (χ3n) is 7.02. The van der Waals surface area contributed by atoms with Gasteiger partial charge < -0.3 is 10.2 Å². The van der Waals surface area contributed by atoms with E-state index in [-0.39, 0.29) is 11.5 Å². The van der Waals surface area contributed by atoms with Gasteiger partial charge in [0.2, 0.25) is 0 Å². The van der Waals surface area contributed by atoms with Crippen LogP contribution in [0.2, 0.25) is 0 Å². The van der Waals surface area contributed by atoms with Gasteiger partial charge in [-0.25, -0.2) is 0 Å². The number of hydrogen-bond donors (Lipinski definition) is 2. The number of aryl methyl sites for hydroxylation is 2. The van der Waals surface area contributed by atoms with Crippen LogP contribution in [0.4, 0.5) is 0 Å². The van der Waals surface area contributed by atoms with E-state index < -0.39 is 0 Å². The van der Waals surface area contributed by atoms with Crippen molar-refractivity contribution in [2.75, 3.05) is 0 Å². The van der Waals surface area contributed by atoms with Gasteiger partial charge in [0, 0.05) is 11.1 Å². The molecule has 0 spiro atoms. The molecule has 174 valence electrons. The molecule has 0 bridgehead atoms. The van der Waals surface area contributed by atoms with Gasteiger partial charge in [0.1, 0.15) is 11.5 Å². The highest BCUT2D eigenvalue weighted by molar-refractivity contribution is 6.10. The second-order valence-electron chi connectivity index (χ2n) is 9.52. The topological polar surface area (TPSA) is 40.5 Å². The molecule has 0 aromatic heterocycles. The Labute approximate surface area is 210 Å². The summed E-state index contributed by atoms with van der Waals surface area (Å²) in [6.07, 6.45) is 0. The molecule has 0 atom stereocenters. The van der Waals surface area contributed by atoms with Gasteiger partial charge in [-0.15, -0.1) is 0 Å². The number of fused-ring (bicyclic) bond motifs is 2. The molecule has 0 aliphatic carbocycles. The fourth-order valence-electron chi connectivity index (χ4n) is 5.01. The molecule has 2 N–H and O–H groups in total. The van der Waals surface area contributed by atoms with E-state index in [4.69, 9.17) is 0 Å². The van der Waals surface area contributed by atoms with E-state index in [0.29, 0.717) is 11.1 Å². The van der Waals surface area contributed by atoms with Crippen molar-refractivity contribution in [1.82, 2.24) is 0 Å². The van der Waals surface area contributed by atoms with Gasteiger partial charge in [0.15, 0.2) is 0 Å². The van der Waals surface area contributed by atoms with Crippen LogP contribution < -0.4 is 0 Å². The van der Waals surface area contributed by atoms with Gasteiger partial charge in [-0.1, -0.05) is 96.1 Å². The molecule has 36 heavy (non-hydrogen) atoms. The van der Waals surface area contributed by atoms with E-state index in [0.717, 1.165) is 43.8 Å². The SMILES string of the molecule is Cc1ccc(-c2ccc3c(-c4c(O)ccc5cc(-c6ccc(C)cc6)ccc45)c(O)ccc3c2)cc1. The number of benzene rings is 6. The average Bonchev–Trinajstić information content (AvgIpc) is 2.90. The maximum atomic E-state index is 11.0. The molecule has 0 saturated heterocycles. The third-order valence-corrected chi connectivity index (χ3v) is 7.02. The number of rotatable bonds is 3. The van der Waals surface area contributed by atoms with Gasteiger partial charge in [-0.2, -0.15) is 0 Å². The Bertz CT molecular complexity index is 1610. The van der Waals surface area contributed by atoms with Crippen molar-refractivity contribution in [3.05, 3.63) is 120 Å². The number of phenols is 2. The summed E-state index contributed by atoms with van der Waals surface area (Å²) >= 11 is 0. The first-order chi connectivity index (χ1) is 17.5. The van der Waals surface area contributed by atoms with E-state index in [1.54, 1.807) is 12.1 Å². The lowest BCUT2D eigenvalue weighted by molar-refractivity contribution is 0.470. The van der Waals surface area contributed by atoms with Crippen LogP contribution in [0.3, 0.4) is 0 Å². The molecular weight excluding hydrogens is 440 g/mol. The molecule has 0 unspecified atom stereocenters. The van der Waals surface area contributed by atoms with Crippen molar-refractivity contribution in [2.24, 2.45) is 0 Å². The van der Waals surface area contributed by atoms with Crippen LogP contribution in [0, 0.1) is 13.8 Å². The molecule has 0 aliphatic heterocycles. The molecule has 2 heteroatoms. The summed E-state index contributed by atoms with van der Waals surface area (Å²) in [6.45, 7) is 4.17. The maximum Gasteiger partial charge on any atom is 0.124 e. The minimum atomic E-state index is 0.149. The van der Waals surface area contributed by atoms with Crippen molar-refractivity contribution in [3.8, 4) is 44.9 Å². The molecule has 6 rings (SSSR count). The fraction of sp³-hybridized carbons (Fsp3) is 0.0588. The van der Waals surface area contributed by atoms with Gasteiger partial charge >= 0.3 is 0 Å². The lowest BCUT2D eigenvalue weighted by Crippen LogP contribution is -1.88. The van der Waals surface area contributed by atoms with Crippen molar-refractivity contribution in [2.45, 2.75) is 13.8 Å². The Morgan fingerprint density at radius 2 is 0.750 bits per heavy atom. The molecule has 0 amide bonds. The fourth-order valence-corrected chi connectivity index (χ4v) is 5.01. The predicted octanol–water partition coefficient (Wildman–Crippen LogP) is 9.02. The standard InChI is InChI=1S/C34H26O2/c1-21-3-7-23(8-4-21)25-11-15-29-27(19-25)13-17-31(35)33(29)34-30-16-12-26(20-28(30)14-18-32(34)36)24-9-5-22(2)6-10-24/h3-20,35-36H,1-2H3. The zero-order chi connectivity index (χ0) is 24.8. The van der Waals surface area contributed by atoms with E-state index in [1.165, 1.54) is 11.1 Å². The molecule has 0 radical (unpaired) electrons. The van der Waals surface area contributed by atoms with Crippen molar-refractivity contribution in [3.63, 3.8) is 0 Å². The molecule has 0 saturated carbocycles. The molecule has 0 aliphatic rings. The van der Waals surface area contributed by atoms with Crippen LogP contribution in [0.1, 0.15) is 11.1 Å². The molecular formula is C34H26O2. The summed E-state index contributed by atoms with van der Waals surface area (Å²) < 4.78 is 0. The highest BCUT2D eigenvalue weighted by Crippen LogP contribution is 2.45. The second-order valence-corrected chi connectivity index (χ2v) is 9.52. The largest absolute Gasteiger partial charge is 0.507 e. The lowest BCUT2D eigenvalue weighted by Gasteiger charge is -2.15. The lowest BCUT2D eigenvalue weighted by atomic mass is 9.90. The van der Waals surface area contributed by atoms with Gasteiger partial charge in [0.25, 0.3) is 0 Å². The number of phenolic OH excluding ortho intramolecular Hbond substituents is 2. The summed E-state index contributed by atoms with van der Waals surface area (Å²) in [7, 11) is 0. The third kappa shape index (κ3) is 3.77. The summed E-state index contributed by atoms with van der Waals surface area (Å²) in [4.78, 5) is 0. The maximum absolute atomic E-state index is 11.0. The molecule has 6 aromatic rings. The quantitative estimate of drug-likeness (QED) is 0.273. The Balaban J connectivity index is 1.53. The number of hydrogen-bond acceptors (Lipinski definition) is 2. The summed E-state index contributed by atoms with van der Waals surface area (Å²) in [5, 5.41) is 25.8. The van der Waals surface area contributed by atoms with Crippen LogP contribution in [0.5, 0.6) is 11.5 Å². The predicted molar refractivity (Wildman–Crippen MR) is 151 cm³/mol. The van der Waals surface area contributed by atoms with E-state index in [1.807, 2.05) is 24.3 Å². The first-order valence-electron chi connectivity index (χ1n) is 12.1. The van der Waals surface area contributed by atoms with Crippen LogP contribution in [0.15, 0.2) is 109 Å². The monoisotopic (exact) mass is 466 g/mol. The average molecular weight is 467 g/mol. The van der Waals surface area contributed by atoms with Crippen LogP contribution in [-0.2, 0) is 0 Å². The summed E-state index contributed by atoms with van der Waals surface area (Å²) in [5.74, 6) is 0.298. The van der Waals surface area contributed by atoms with E-state index >= 15 is 0 Å².